The van der Waals surface area contributed by atoms with Crippen LogP contribution >= 0.6 is 0 Å². The average molecular weight is 385 g/mol. The second kappa shape index (κ2) is 7.10. The van der Waals surface area contributed by atoms with Crippen LogP contribution in [0.5, 0.6) is 0 Å². The van der Waals surface area contributed by atoms with Crippen molar-refractivity contribution in [1.29, 1.82) is 0 Å². The van der Waals surface area contributed by atoms with E-state index < -0.39 is 28.6 Å². The number of nitro groups is 1. The van der Waals surface area contributed by atoms with Crippen LogP contribution in [0.25, 0.3) is 11.0 Å². The third-order valence-electron chi connectivity index (χ3n) is 4.73. The zero-order valence-electron chi connectivity index (χ0n) is 14.9. The third-order valence-corrected chi connectivity index (χ3v) is 4.73. The van der Waals surface area contributed by atoms with Crippen molar-refractivity contribution in [3.63, 3.8) is 0 Å². The van der Waals surface area contributed by atoms with E-state index in [1.807, 2.05) is 0 Å². The van der Waals surface area contributed by atoms with Gasteiger partial charge in [-0.05, 0) is 25.1 Å². The van der Waals surface area contributed by atoms with Gasteiger partial charge in [0.15, 0.2) is 6.29 Å². The summed E-state index contributed by atoms with van der Waals surface area (Å²) in [5.74, 6) is -0.479. The minimum absolute atomic E-state index is 0.137. The topological polar surface area (TPSA) is 96.5 Å². The zero-order chi connectivity index (χ0) is 19.8. The molecule has 0 N–H and O–H groups in total. The van der Waals surface area contributed by atoms with Crippen LogP contribution in [0.2, 0.25) is 0 Å². The van der Waals surface area contributed by atoms with Crippen LogP contribution in [0, 0.1) is 15.9 Å². The lowest BCUT2D eigenvalue weighted by atomic mass is 10.0. The van der Waals surface area contributed by atoms with Gasteiger partial charge in [0.1, 0.15) is 5.82 Å². The molecule has 1 saturated heterocycles. The van der Waals surface area contributed by atoms with Gasteiger partial charge in [0.25, 0.3) is 11.2 Å². The summed E-state index contributed by atoms with van der Waals surface area (Å²) in [6.45, 7) is 2.60. The molecule has 0 radical (unpaired) electrons. The van der Waals surface area contributed by atoms with Crippen LogP contribution in [0.3, 0.4) is 0 Å². The van der Waals surface area contributed by atoms with Crippen molar-refractivity contribution in [3.05, 3.63) is 80.0 Å². The predicted octanol–water partition coefficient (Wildman–Crippen LogP) is 3.10. The van der Waals surface area contributed by atoms with Gasteiger partial charge in [-0.2, -0.15) is 0 Å². The Morgan fingerprint density at radius 1 is 1.25 bits per heavy atom. The van der Waals surface area contributed by atoms with E-state index in [1.54, 1.807) is 19.1 Å². The molecule has 4 rings (SSSR count). The fourth-order valence-electron chi connectivity index (χ4n) is 3.36. The molecule has 1 aliphatic heterocycles. The summed E-state index contributed by atoms with van der Waals surface area (Å²) in [6, 6.07) is 7.85. The second-order valence-corrected chi connectivity index (χ2v) is 6.43. The number of non-ortho nitro benzene ring substituents is 1. The molecular formula is C19H16FN3O5. The number of rotatable bonds is 4. The molecule has 0 aliphatic carbocycles. The Hall–Kier alpha value is -3.17. The van der Waals surface area contributed by atoms with Crippen LogP contribution in [0.15, 0.2) is 47.4 Å². The molecule has 1 fully saturated rings. The second-order valence-electron chi connectivity index (χ2n) is 6.43. The minimum Gasteiger partial charge on any atom is -0.346 e. The fraction of sp³-hybridized carbons (Fsp3) is 0.263. The van der Waals surface area contributed by atoms with Gasteiger partial charge in [-0.25, -0.2) is 9.37 Å². The number of ether oxygens (including phenoxy) is 2. The number of fused-ring (bicyclic) bond motifs is 1. The number of hydrogen-bond donors (Lipinski definition) is 0. The average Bonchev–Trinajstić information content (AvgIpc) is 3.22. The number of halogens is 1. The number of aromatic nitrogens is 2. The van der Waals surface area contributed by atoms with Gasteiger partial charge in [-0.1, -0.05) is 6.07 Å². The number of nitrogens with zero attached hydrogens (tertiary/aromatic N) is 3. The highest BCUT2D eigenvalue weighted by atomic mass is 19.1. The fourth-order valence-corrected chi connectivity index (χ4v) is 3.36. The summed E-state index contributed by atoms with van der Waals surface area (Å²) in [6.07, 6.45) is 0.508. The highest BCUT2D eigenvalue weighted by Gasteiger charge is 2.23. The SMILES string of the molecule is C[C@@H](c1cc(C2OCCO2)ccc1F)n1c(=O)cnc2cc([N+](=O)[O-])ccc21. The first-order valence-electron chi connectivity index (χ1n) is 8.64. The van der Waals surface area contributed by atoms with Crippen molar-refractivity contribution in [2.45, 2.75) is 19.3 Å². The summed E-state index contributed by atoms with van der Waals surface area (Å²) >= 11 is 0. The molecule has 144 valence electrons. The Morgan fingerprint density at radius 2 is 2.00 bits per heavy atom. The Kier molecular flexibility index (Phi) is 4.62. The first-order chi connectivity index (χ1) is 13.5. The van der Waals surface area contributed by atoms with E-state index in [-0.39, 0.29) is 16.8 Å². The molecule has 2 heterocycles. The molecule has 1 aromatic heterocycles. The molecule has 9 heteroatoms. The van der Waals surface area contributed by atoms with Crippen molar-refractivity contribution in [2.75, 3.05) is 13.2 Å². The summed E-state index contributed by atoms with van der Waals surface area (Å²) in [5.41, 5.74) is 1.02. The van der Waals surface area contributed by atoms with E-state index in [9.17, 15) is 19.3 Å². The van der Waals surface area contributed by atoms with Crippen LogP contribution in [0.4, 0.5) is 10.1 Å². The van der Waals surface area contributed by atoms with Gasteiger partial charge in [0, 0.05) is 23.3 Å². The quantitative estimate of drug-likeness (QED) is 0.506. The van der Waals surface area contributed by atoms with Gasteiger partial charge in [-0.3, -0.25) is 19.5 Å². The van der Waals surface area contributed by atoms with Crippen LogP contribution in [0.1, 0.15) is 30.4 Å². The lowest BCUT2D eigenvalue weighted by molar-refractivity contribution is -0.384. The molecule has 0 bridgehead atoms. The monoisotopic (exact) mass is 385 g/mol. The van der Waals surface area contributed by atoms with E-state index in [0.29, 0.717) is 24.3 Å². The highest BCUT2D eigenvalue weighted by molar-refractivity contribution is 5.77. The smallest absolute Gasteiger partial charge is 0.271 e. The lowest BCUT2D eigenvalue weighted by Crippen LogP contribution is -2.25. The molecule has 0 saturated carbocycles. The van der Waals surface area contributed by atoms with Crippen molar-refractivity contribution in [1.82, 2.24) is 9.55 Å². The number of nitro benzene ring substituents is 1. The third kappa shape index (κ3) is 3.14. The van der Waals surface area contributed by atoms with E-state index >= 15 is 0 Å². The lowest BCUT2D eigenvalue weighted by Gasteiger charge is -2.20. The van der Waals surface area contributed by atoms with E-state index in [0.717, 1.165) is 6.20 Å². The molecule has 3 aromatic rings. The normalized spacial score (nSPS) is 15.8. The number of hydrogen-bond acceptors (Lipinski definition) is 6. The Balaban J connectivity index is 1.83. The largest absolute Gasteiger partial charge is 0.346 e. The first kappa shape index (κ1) is 18.2. The minimum atomic E-state index is -0.680. The van der Waals surface area contributed by atoms with Crippen molar-refractivity contribution < 1.29 is 18.8 Å². The molecule has 28 heavy (non-hydrogen) atoms. The Bertz CT molecular complexity index is 1120. The molecule has 0 amide bonds. The van der Waals surface area contributed by atoms with Gasteiger partial charge in [0.05, 0.1) is 41.4 Å². The maximum absolute atomic E-state index is 14.6. The van der Waals surface area contributed by atoms with Crippen LogP contribution in [-0.2, 0) is 9.47 Å². The van der Waals surface area contributed by atoms with Crippen molar-refractivity contribution in [2.24, 2.45) is 0 Å². The summed E-state index contributed by atoms with van der Waals surface area (Å²) < 4.78 is 26.9. The van der Waals surface area contributed by atoms with Gasteiger partial charge in [0.2, 0.25) is 0 Å². The number of benzene rings is 2. The Morgan fingerprint density at radius 3 is 2.71 bits per heavy atom. The first-order valence-corrected chi connectivity index (χ1v) is 8.64. The summed E-state index contributed by atoms with van der Waals surface area (Å²) in [7, 11) is 0. The van der Waals surface area contributed by atoms with E-state index in [1.165, 1.54) is 28.8 Å². The zero-order valence-corrected chi connectivity index (χ0v) is 14.9. The van der Waals surface area contributed by atoms with Crippen LogP contribution < -0.4 is 5.56 Å². The molecule has 1 aliphatic rings. The molecule has 0 spiro atoms. The van der Waals surface area contributed by atoms with Crippen molar-refractivity contribution in [3.8, 4) is 0 Å². The summed E-state index contributed by atoms with van der Waals surface area (Å²) in [4.78, 5) is 27.0. The maximum atomic E-state index is 14.6. The summed E-state index contributed by atoms with van der Waals surface area (Å²) in [5, 5.41) is 11.0. The molecule has 0 unspecified atom stereocenters. The molecular weight excluding hydrogens is 369 g/mol. The Labute approximate surface area is 158 Å². The molecule has 2 aromatic carbocycles. The highest BCUT2D eigenvalue weighted by Crippen LogP contribution is 2.30. The van der Waals surface area contributed by atoms with Gasteiger partial charge < -0.3 is 9.47 Å². The standard InChI is InChI=1S/C19H16FN3O5/c1-11(14-8-12(2-4-15(14)20)19-27-6-7-28-19)22-17-5-3-13(23(25)26)9-16(17)21-10-18(22)24/h2-5,8-11,19H,6-7H2,1H3/t11-/m0/s1. The van der Waals surface area contributed by atoms with Crippen LogP contribution in [-0.4, -0.2) is 27.7 Å². The maximum Gasteiger partial charge on any atom is 0.271 e. The predicted molar refractivity (Wildman–Crippen MR) is 97.5 cm³/mol. The van der Waals surface area contributed by atoms with Gasteiger partial charge >= 0.3 is 0 Å². The van der Waals surface area contributed by atoms with Crippen molar-refractivity contribution >= 4 is 16.7 Å². The van der Waals surface area contributed by atoms with Gasteiger partial charge in [-0.15, -0.1) is 0 Å². The van der Waals surface area contributed by atoms with E-state index in [4.69, 9.17) is 9.47 Å². The van der Waals surface area contributed by atoms with E-state index in [2.05, 4.69) is 4.98 Å². The molecule has 8 nitrogen and oxygen atoms in total. The molecule has 1 atom stereocenters.